The van der Waals surface area contributed by atoms with Gasteiger partial charge < -0.3 is 0 Å². The average molecular weight is 262 g/mol. The van der Waals surface area contributed by atoms with Gasteiger partial charge in [0.25, 0.3) is 0 Å². The molecule has 2 heterocycles. The lowest BCUT2D eigenvalue weighted by Crippen LogP contribution is -1.98. The average Bonchev–Trinajstić information content (AvgIpc) is 2.77. The molecule has 2 aromatic heterocycles. The number of rotatable bonds is 3. The normalized spacial score (nSPS) is 13.0. The SMILES string of the molecule is CC(Cl)c1cn(Cc2sccc2Cl)nn1. The topological polar surface area (TPSA) is 30.7 Å². The van der Waals surface area contributed by atoms with Crippen LogP contribution in [-0.2, 0) is 6.54 Å². The molecule has 3 nitrogen and oxygen atoms in total. The Balaban J connectivity index is 2.15. The van der Waals surface area contributed by atoms with Gasteiger partial charge in [0, 0.05) is 4.88 Å². The minimum absolute atomic E-state index is 0.113. The van der Waals surface area contributed by atoms with Gasteiger partial charge in [0.15, 0.2) is 0 Å². The second kappa shape index (κ2) is 4.51. The highest BCUT2D eigenvalue weighted by Gasteiger charge is 2.08. The maximum atomic E-state index is 5.98. The molecule has 0 N–H and O–H groups in total. The molecule has 1 atom stereocenters. The number of hydrogen-bond donors (Lipinski definition) is 0. The Hall–Kier alpha value is -0.580. The van der Waals surface area contributed by atoms with Crippen molar-refractivity contribution in [2.75, 3.05) is 0 Å². The van der Waals surface area contributed by atoms with E-state index in [0.29, 0.717) is 6.54 Å². The first-order valence-electron chi connectivity index (χ1n) is 4.43. The van der Waals surface area contributed by atoms with E-state index in [1.807, 2.05) is 24.6 Å². The predicted molar refractivity (Wildman–Crippen MR) is 62.7 cm³/mol. The smallest absolute Gasteiger partial charge is 0.100 e. The second-order valence-corrected chi connectivity index (χ2v) is 5.21. The molecular weight excluding hydrogens is 253 g/mol. The van der Waals surface area contributed by atoms with Gasteiger partial charge in [-0.05, 0) is 18.4 Å². The lowest BCUT2D eigenvalue weighted by molar-refractivity contribution is 0.655. The monoisotopic (exact) mass is 261 g/mol. The van der Waals surface area contributed by atoms with Gasteiger partial charge in [-0.25, -0.2) is 4.68 Å². The largest absolute Gasteiger partial charge is 0.247 e. The lowest BCUT2D eigenvalue weighted by atomic mass is 10.4. The Morgan fingerprint density at radius 2 is 2.40 bits per heavy atom. The van der Waals surface area contributed by atoms with Crippen LogP contribution in [0.2, 0.25) is 5.02 Å². The number of alkyl halides is 1. The van der Waals surface area contributed by atoms with Gasteiger partial charge in [-0.3, -0.25) is 0 Å². The van der Waals surface area contributed by atoms with Crippen LogP contribution in [0.4, 0.5) is 0 Å². The predicted octanol–water partition coefficient (Wildman–Crippen LogP) is 3.34. The molecule has 0 radical (unpaired) electrons. The van der Waals surface area contributed by atoms with Crippen molar-refractivity contribution in [2.24, 2.45) is 0 Å². The van der Waals surface area contributed by atoms with E-state index in [1.165, 1.54) is 0 Å². The Bertz CT molecular complexity index is 450. The molecule has 0 aliphatic heterocycles. The van der Waals surface area contributed by atoms with Crippen molar-refractivity contribution in [1.29, 1.82) is 0 Å². The minimum atomic E-state index is -0.113. The molecule has 0 spiro atoms. The van der Waals surface area contributed by atoms with Crippen molar-refractivity contribution >= 4 is 34.5 Å². The Morgan fingerprint density at radius 1 is 1.60 bits per heavy atom. The van der Waals surface area contributed by atoms with Crippen LogP contribution in [0.25, 0.3) is 0 Å². The molecule has 2 rings (SSSR count). The zero-order chi connectivity index (χ0) is 10.8. The van der Waals surface area contributed by atoms with Gasteiger partial charge in [-0.1, -0.05) is 16.8 Å². The van der Waals surface area contributed by atoms with Crippen molar-refractivity contribution in [3.8, 4) is 0 Å². The first-order valence-corrected chi connectivity index (χ1v) is 6.12. The quantitative estimate of drug-likeness (QED) is 0.794. The molecule has 0 aliphatic rings. The molecule has 0 aromatic carbocycles. The molecule has 0 fully saturated rings. The summed E-state index contributed by atoms with van der Waals surface area (Å²) >= 11 is 13.5. The van der Waals surface area contributed by atoms with E-state index in [0.717, 1.165) is 15.6 Å². The lowest BCUT2D eigenvalue weighted by Gasteiger charge is -1.97. The van der Waals surface area contributed by atoms with Crippen molar-refractivity contribution in [1.82, 2.24) is 15.0 Å². The fraction of sp³-hybridized carbons (Fsp3) is 0.333. The molecule has 15 heavy (non-hydrogen) atoms. The first-order chi connectivity index (χ1) is 7.16. The highest BCUT2D eigenvalue weighted by molar-refractivity contribution is 7.10. The number of thiophene rings is 1. The van der Waals surface area contributed by atoms with Crippen molar-refractivity contribution in [2.45, 2.75) is 18.8 Å². The molecule has 0 saturated carbocycles. The number of nitrogens with zero attached hydrogens (tertiary/aromatic N) is 3. The third-order valence-corrected chi connectivity index (χ3v) is 3.56. The van der Waals surface area contributed by atoms with Crippen LogP contribution in [0.15, 0.2) is 17.6 Å². The van der Waals surface area contributed by atoms with Crippen LogP contribution in [0.1, 0.15) is 22.9 Å². The minimum Gasteiger partial charge on any atom is -0.247 e. The van der Waals surface area contributed by atoms with Gasteiger partial charge in [0.2, 0.25) is 0 Å². The Labute approximate surface area is 102 Å². The molecular formula is C9H9Cl2N3S. The van der Waals surface area contributed by atoms with Crippen molar-refractivity contribution in [3.05, 3.63) is 33.2 Å². The summed E-state index contributed by atoms with van der Waals surface area (Å²) in [5, 5.41) is 10.6. The van der Waals surface area contributed by atoms with E-state index >= 15 is 0 Å². The van der Waals surface area contributed by atoms with E-state index in [9.17, 15) is 0 Å². The van der Waals surface area contributed by atoms with Crippen LogP contribution in [0, 0.1) is 0 Å². The van der Waals surface area contributed by atoms with E-state index in [2.05, 4.69) is 10.3 Å². The fourth-order valence-corrected chi connectivity index (χ4v) is 2.34. The van der Waals surface area contributed by atoms with Crippen LogP contribution >= 0.6 is 34.5 Å². The van der Waals surface area contributed by atoms with Crippen LogP contribution in [-0.4, -0.2) is 15.0 Å². The summed E-state index contributed by atoms with van der Waals surface area (Å²) in [7, 11) is 0. The summed E-state index contributed by atoms with van der Waals surface area (Å²) in [6.07, 6.45) is 1.84. The van der Waals surface area contributed by atoms with Crippen LogP contribution in [0.3, 0.4) is 0 Å². The van der Waals surface area contributed by atoms with Crippen molar-refractivity contribution < 1.29 is 0 Å². The molecule has 2 aromatic rings. The van der Waals surface area contributed by atoms with Crippen LogP contribution in [0.5, 0.6) is 0 Å². The van der Waals surface area contributed by atoms with E-state index in [4.69, 9.17) is 23.2 Å². The molecule has 0 aliphatic carbocycles. The maximum Gasteiger partial charge on any atom is 0.100 e. The Morgan fingerprint density at radius 3 is 2.93 bits per heavy atom. The zero-order valence-corrected chi connectivity index (χ0v) is 10.4. The summed E-state index contributed by atoms with van der Waals surface area (Å²) in [5.74, 6) is 0. The van der Waals surface area contributed by atoms with Gasteiger partial charge in [-0.15, -0.1) is 28.0 Å². The van der Waals surface area contributed by atoms with Crippen LogP contribution < -0.4 is 0 Å². The highest BCUT2D eigenvalue weighted by atomic mass is 35.5. The molecule has 0 amide bonds. The highest BCUT2D eigenvalue weighted by Crippen LogP contribution is 2.23. The second-order valence-electron chi connectivity index (χ2n) is 3.15. The zero-order valence-electron chi connectivity index (χ0n) is 8.02. The first kappa shape index (κ1) is 10.9. The van der Waals surface area contributed by atoms with Gasteiger partial charge >= 0.3 is 0 Å². The molecule has 1 unspecified atom stereocenters. The van der Waals surface area contributed by atoms with Gasteiger partial charge in [0.05, 0.1) is 23.1 Å². The van der Waals surface area contributed by atoms with E-state index in [1.54, 1.807) is 16.0 Å². The van der Waals surface area contributed by atoms with Gasteiger partial charge in [0.1, 0.15) is 5.69 Å². The summed E-state index contributed by atoms with van der Waals surface area (Å²) in [5.41, 5.74) is 0.782. The summed E-state index contributed by atoms with van der Waals surface area (Å²) in [4.78, 5) is 1.08. The summed E-state index contributed by atoms with van der Waals surface area (Å²) < 4.78 is 1.74. The number of aromatic nitrogens is 3. The van der Waals surface area contributed by atoms with Gasteiger partial charge in [-0.2, -0.15) is 0 Å². The Kier molecular flexibility index (Phi) is 3.29. The molecule has 0 bridgehead atoms. The standard InChI is InChI=1S/C9H9Cl2N3S/c1-6(10)8-4-14(13-12-8)5-9-7(11)2-3-15-9/h2-4,6H,5H2,1H3. The van der Waals surface area contributed by atoms with Crippen molar-refractivity contribution in [3.63, 3.8) is 0 Å². The van der Waals surface area contributed by atoms with E-state index in [-0.39, 0.29) is 5.38 Å². The third kappa shape index (κ3) is 2.51. The number of halogens is 2. The molecule has 6 heteroatoms. The molecule has 0 saturated heterocycles. The third-order valence-electron chi connectivity index (χ3n) is 1.96. The fourth-order valence-electron chi connectivity index (χ4n) is 1.16. The summed E-state index contributed by atoms with van der Waals surface area (Å²) in [6, 6.07) is 1.88. The summed E-state index contributed by atoms with van der Waals surface area (Å²) in [6.45, 7) is 2.52. The maximum absolute atomic E-state index is 5.98. The van der Waals surface area contributed by atoms with E-state index < -0.39 is 0 Å². The molecule has 80 valence electrons. The number of hydrogen-bond acceptors (Lipinski definition) is 3.